The second kappa shape index (κ2) is 6.58. The number of rotatable bonds is 0. The molecule has 0 radical (unpaired) electrons. The molecule has 1 rings (SSSR count). The van der Waals surface area contributed by atoms with Gasteiger partial charge in [-0.25, -0.2) is 0 Å². The summed E-state index contributed by atoms with van der Waals surface area (Å²) in [5, 5.41) is 0. The van der Waals surface area contributed by atoms with Crippen LogP contribution >= 0.6 is 18.8 Å². The molecule has 0 saturated heterocycles. The first-order valence-electron chi connectivity index (χ1n) is 3.67. The molecule has 0 aromatic rings. The summed E-state index contributed by atoms with van der Waals surface area (Å²) in [7, 11) is 9.17. The van der Waals surface area contributed by atoms with Crippen LogP contribution < -0.4 is 5.73 Å². The van der Waals surface area contributed by atoms with Gasteiger partial charge in [-0.3, -0.25) is 0 Å². The number of hydrogen-bond donors (Lipinski definition) is 3. The van der Waals surface area contributed by atoms with Crippen LogP contribution in [0.25, 0.3) is 0 Å². The molecular formula is C6H15Cl2NO2Pt. The van der Waals surface area contributed by atoms with E-state index in [0.29, 0.717) is 6.04 Å². The third-order valence-electron chi connectivity index (χ3n) is 1.65. The van der Waals surface area contributed by atoms with E-state index < -0.39 is 14.7 Å². The van der Waals surface area contributed by atoms with Crippen molar-refractivity contribution in [1.82, 2.24) is 0 Å². The van der Waals surface area contributed by atoms with Crippen molar-refractivity contribution in [3.05, 3.63) is 0 Å². The topological polar surface area (TPSA) is 66.5 Å². The Balaban J connectivity index is 0.000000217. The Kier molecular flexibility index (Phi) is 7.21. The summed E-state index contributed by atoms with van der Waals surface area (Å²) in [5.74, 6) is 0. The first-order valence-corrected chi connectivity index (χ1v) is 11.3. The van der Waals surface area contributed by atoms with E-state index in [1.807, 2.05) is 0 Å². The Bertz CT molecular complexity index is 109. The van der Waals surface area contributed by atoms with Crippen LogP contribution in [0.15, 0.2) is 0 Å². The van der Waals surface area contributed by atoms with E-state index in [1.165, 1.54) is 32.1 Å². The minimum absolute atomic E-state index is 0.536. The molecule has 6 heteroatoms. The third kappa shape index (κ3) is 13.7. The molecule has 80 valence electrons. The first-order chi connectivity index (χ1) is 5.39. The van der Waals surface area contributed by atoms with Crippen LogP contribution in [0.5, 0.6) is 0 Å². The molecule has 3 nitrogen and oxygen atoms in total. The standard InChI is InChI=1S/C6H13N.2ClH.2H2O.Pt/c7-6-4-2-1-3-5-6;;;;;/h6H,1-5,7H2;2*1H;2*1H2;/q;;;;;+4/p-4. The molecule has 1 saturated carbocycles. The summed E-state index contributed by atoms with van der Waals surface area (Å²) in [5.41, 5.74) is 5.63. The molecule has 1 fully saturated rings. The zero-order chi connectivity index (χ0) is 9.61. The molecule has 0 unspecified atom stereocenters. The molecule has 1 aliphatic rings. The second-order valence-corrected chi connectivity index (χ2v) is 11.5. The van der Waals surface area contributed by atoms with Gasteiger partial charge in [0, 0.05) is 6.04 Å². The van der Waals surface area contributed by atoms with Crippen molar-refractivity contribution in [3.63, 3.8) is 0 Å². The molecule has 4 N–H and O–H groups in total. The summed E-state index contributed by atoms with van der Waals surface area (Å²) < 4.78 is 15.6. The van der Waals surface area contributed by atoms with E-state index in [0.717, 1.165) is 0 Å². The Morgan fingerprint density at radius 3 is 1.58 bits per heavy atom. The predicted molar refractivity (Wildman–Crippen MR) is 47.2 cm³/mol. The summed E-state index contributed by atoms with van der Waals surface area (Å²) in [6, 6.07) is 0.536. The average molecular weight is 399 g/mol. The van der Waals surface area contributed by atoms with Crippen molar-refractivity contribution < 1.29 is 22.3 Å². The van der Waals surface area contributed by atoms with Gasteiger partial charge in [-0.15, -0.1) is 0 Å². The Labute approximate surface area is 84.8 Å². The van der Waals surface area contributed by atoms with Gasteiger partial charge in [0.1, 0.15) is 0 Å². The van der Waals surface area contributed by atoms with Gasteiger partial charge < -0.3 is 5.73 Å². The molecule has 12 heavy (non-hydrogen) atoms. The van der Waals surface area contributed by atoms with Gasteiger partial charge in [0.05, 0.1) is 0 Å². The summed E-state index contributed by atoms with van der Waals surface area (Å²) >= 11 is -4.00. The van der Waals surface area contributed by atoms with E-state index in [2.05, 4.69) is 18.8 Å². The maximum atomic E-state index is 7.79. The fourth-order valence-electron chi connectivity index (χ4n) is 1.13. The quantitative estimate of drug-likeness (QED) is 0.579. The summed E-state index contributed by atoms with van der Waals surface area (Å²) in [6.07, 6.45) is 6.66. The monoisotopic (exact) mass is 398 g/mol. The first kappa shape index (κ1) is 13.1. The summed E-state index contributed by atoms with van der Waals surface area (Å²) in [4.78, 5) is 0. The van der Waals surface area contributed by atoms with Gasteiger partial charge in [-0.2, -0.15) is 0 Å². The van der Waals surface area contributed by atoms with Crippen LogP contribution in [0.2, 0.25) is 0 Å². The Morgan fingerprint density at radius 2 is 1.42 bits per heavy atom. The molecule has 0 aliphatic heterocycles. The van der Waals surface area contributed by atoms with E-state index in [4.69, 9.17) is 13.3 Å². The van der Waals surface area contributed by atoms with Gasteiger partial charge in [0.25, 0.3) is 0 Å². The molecule has 0 aromatic carbocycles. The van der Waals surface area contributed by atoms with E-state index in [9.17, 15) is 0 Å². The molecule has 0 aromatic heterocycles. The average Bonchev–Trinajstić information content (AvgIpc) is 1.85. The molecular weight excluding hydrogens is 384 g/mol. The van der Waals surface area contributed by atoms with Crippen molar-refractivity contribution in [2.75, 3.05) is 0 Å². The Morgan fingerprint density at radius 1 is 1.08 bits per heavy atom. The minimum atomic E-state index is -4.00. The predicted octanol–water partition coefficient (Wildman–Crippen LogP) is 1.54. The van der Waals surface area contributed by atoms with Gasteiger partial charge in [0.2, 0.25) is 0 Å². The zero-order valence-corrected chi connectivity index (χ0v) is 10.4. The van der Waals surface area contributed by atoms with Gasteiger partial charge >= 0.3 is 41.1 Å². The van der Waals surface area contributed by atoms with Crippen molar-refractivity contribution >= 4 is 18.8 Å². The molecule has 0 heterocycles. The SMILES string of the molecule is NC1CCCCC1.[OH][Pt]([OH])([Cl])[Cl]. The van der Waals surface area contributed by atoms with Crippen LogP contribution in [0.4, 0.5) is 0 Å². The van der Waals surface area contributed by atoms with Gasteiger partial charge in [0.15, 0.2) is 0 Å². The van der Waals surface area contributed by atoms with Crippen LogP contribution in [0, 0.1) is 0 Å². The molecule has 0 spiro atoms. The zero-order valence-electron chi connectivity index (χ0n) is 6.66. The van der Waals surface area contributed by atoms with E-state index >= 15 is 0 Å². The fraction of sp³-hybridized carbons (Fsp3) is 1.00. The van der Waals surface area contributed by atoms with Gasteiger partial charge in [-0.1, -0.05) is 19.3 Å². The third-order valence-corrected chi connectivity index (χ3v) is 1.65. The van der Waals surface area contributed by atoms with Gasteiger partial charge in [-0.05, 0) is 12.8 Å². The molecule has 0 amide bonds. The normalized spacial score (nSPS) is 21.1. The van der Waals surface area contributed by atoms with E-state index in [-0.39, 0.29) is 0 Å². The van der Waals surface area contributed by atoms with Crippen molar-refractivity contribution in [3.8, 4) is 0 Å². The molecule has 0 bridgehead atoms. The maximum absolute atomic E-state index is 7.79. The van der Waals surface area contributed by atoms with E-state index in [1.54, 1.807) is 0 Å². The van der Waals surface area contributed by atoms with Crippen LogP contribution in [-0.2, 0) is 14.7 Å². The van der Waals surface area contributed by atoms with Crippen molar-refractivity contribution in [1.29, 1.82) is 0 Å². The number of hydrogen-bond acceptors (Lipinski definition) is 3. The number of nitrogens with two attached hydrogens (primary N) is 1. The summed E-state index contributed by atoms with van der Waals surface area (Å²) in [6.45, 7) is 0. The van der Waals surface area contributed by atoms with Crippen LogP contribution in [-0.4, -0.2) is 13.6 Å². The van der Waals surface area contributed by atoms with Crippen LogP contribution in [0.1, 0.15) is 32.1 Å². The molecule has 1 aliphatic carbocycles. The fourth-order valence-corrected chi connectivity index (χ4v) is 1.13. The van der Waals surface area contributed by atoms with Crippen LogP contribution in [0.3, 0.4) is 0 Å². The van der Waals surface area contributed by atoms with Crippen molar-refractivity contribution in [2.45, 2.75) is 38.1 Å². The Hall–Kier alpha value is 1.15. The second-order valence-electron chi connectivity index (χ2n) is 2.72. The van der Waals surface area contributed by atoms with Crippen molar-refractivity contribution in [2.24, 2.45) is 5.73 Å². The molecule has 0 atom stereocenters. The number of halogens is 2.